The molecule has 1 aliphatic carbocycles. The molecule has 0 bridgehead atoms. The predicted molar refractivity (Wildman–Crippen MR) is 144 cm³/mol. The molecule has 4 aliphatic rings. The lowest BCUT2D eigenvalue weighted by atomic mass is 10.0. The van der Waals surface area contributed by atoms with E-state index in [0.717, 1.165) is 70.5 Å². The minimum Gasteiger partial charge on any atom is -0.490 e. The minimum absolute atomic E-state index is 0.0321. The Balaban J connectivity index is 1.01. The number of piperidine rings is 1. The third-order valence-electron chi connectivity index (χ3n) is 8.18. The van der Waals surface area contributed by atoms with E-state index in [-0.39, 0.29) is 17.9 Å². The number of hydrogen-bond donors (Lipinski definition) is 0. The maximum absolute atomic E-state index is 13.1. The van der Waals surface area contributed by atoms with Gasteiger partial charge in [-0.1, -0.05) is 12.1 Å². The Labute approximate surface area is 219 Å². The highest BCUT2D eigenvalue weighted by atomic mass is 16.5. The number of rotatable bonds is 5. The average Bonchev–Trinajstić information content (AvgIpc) is 3.37. The number of allylic oxidation sites excluding steroid dienone is 3. The van der Waals surface area contributed by atoms with Crippen LogP contribution in [0.4, 0.5) is 0 Å². The molecule has 2 aromatic rings. The monoisotopic (exact) mass is 497 g/mol. The Morgan fingerprint density at radius 2 is 1.32 bits per heavy atom. The largest absolute Gasteiger partial charge is 0.490 e. The van der Waals surface area contributed by atoms with Crippen molar-refractivity contribution in [3.8, 4) is 5.75 Å². The zero-order valence-corrected chi connectivity index (χ0v) is 21.4. The van der Waals surface area contributed by atoms with Gasteiger partial charge in [-0.3, -0.25) is 9.59 Å². The zero-order valence-electron chi connectivity index (χ0n) is 21.4. The van der Waals surface area contributed by atoms with Crippen molar-refractivity contribution < 1.29 is 14.3 Å². The normalized spacial score (nSPS) is 19.7. The number of fused-ring (bicyclic) bond motifs is 1. The van der Waals surface area contributed by atoms with Gasteiger partial charge in [0.1, 0.15) is 11.9 Å². The summed E-state index contributed by atoms with van der Waals surface area (Å²) in [4.78, 5) is 31.9. The molecule has 0 aromatic heterocycles. The second kappa shape index (κ2) is 10.4. The maximum Gasteiger partial charge on any atom is 0.253 e. The fraction of sp³-hybridized carbons (Fsp3) is 0.419. The Kier molecular flexibility index (Phi) is 6.73. The lowest BCUT2D eigenvalue weighted by molar-refractivity contribution is 0.0594. The lowest BCUT2D eigenvalue weighted by Gasteiger charge is -2.32. The Hall–Kier alpha value is -3.54. The molecule has 0 unspecified atom stereocenters. The van der Waals surface area contributed by atoms with Crippen molar-refractivity contribution in [3.05, 3.63) is 88.6 Å². The van der Waals surface area contributed by atoms with Gasteiger partial charge >= 0.3 is 0 Å². The van der Waals surface area contributed by atoms with Gasteiger partial charge in [-0.2, -0.15) is 0 Å². The number of ether oxygens (including phenoxy) is 1. The SMILES string of the molecule is O=C(c1ccc(C(=O)N2CCC(Oc3ccc4c(c3)CCN(C3=CC=C3)CC4)CC2)cc1)N1CCCC1. The van der Waals surface area contributed by atoms with Gasteiger partial charge in [-0.05, 0) is 85.4 Å². The first-order valence-electron chi connectivity index (χ1n) is 13.7. The van der Waals surface area contributed by atoms with Gasteiger partial charge in [0.05, 0.1) is 0 Å². The highest BCUT2D eigenvalue weighted by molar-refractivity contribution is 5.98. The van der Waals surface area contributed by atoms with Crippen LogP contribution in [0.25, 0.3) is 0 Å². The molecule has 2 fully saturated rings. The number of amides is 2. The van der Waals surface area contributed by atoms with E-state index in [2.05, 4.69) is 41.3 Å². The van der Waals surface area contributed by atoms with E-state index < -0.39 is 0 Å². The maximum atomic E-state index is 13.1. The third kappa shape index (κ3) is 5.15. The smallest absolute Gasteiger partial charge is 0.253 e. The minimum atomic E-state index is 0.0321. The fourth-order valence-electron chi connectivity index (χ4n) is 5.84. The average molecular weight is 498 g/mol. The van der Waals surface area contributed by atoms with Gasteiger partial charge in [0.2, 0.25) is 0 Å². The number of hydrogen-bond acceptors (Lipinski definition) is 4. The van der Waals surface area contributed by atoms with Crippen molar-refractivity contribution in [3.63, 3.8) is 0 Å². The van der Waals surface area contributed by atoms with E-state index in [1.165, 1.54) is 16.8 Å². The summed E-state index contributed by atoms with van der Waals surface area (Å²) >= 11 is 0. The van der Waals surface area contributed by atoms with Gasteiger partial charge in [0.15, 0.2) is 0 Å². The molecule has 6 heteroatoms. The molecule has 0 atom stereocenters. The summed E-state index contributed by atoms with van der Waals surface area (Å²) in [5.41, 5.74) is 5.47. The summed E-state index contributed by atoms with van der Waals surface area (Å²) in [6, 6.07) is 13.7. The topological polar surface area (TPSA) is 53.1 Å². The standard InChI is InChI=1S/C31H35N3O3/c35-30(33-16-1-2-17-33)24-6-8-25(9-7-24)31(36)34-20-14-28(15-21-34)37-29-11-10-23-12-18-32(27-4-3-5-27)19-13-26(23)22-29/h3-11,22,28H,1-2,12-21H2. The van der Waals surface area contributed by atoms with Gasteiger partial charge in [-0.15, -0.1) is 0 Å². The summed E-state index contributed by atoms with van der Waals surface area (Å²) in [5.74, 6) is 1.04. The van der Waals surface area contributed by atoms with Crippen molar-refractivity contribution in [1.82, 2.24) is 14.7 Å². The van der Waals surface area contributed by atoms with E-state index >= 15 is 0 Å². The highest BCUT2D eigenvalue weighted by Crippen LogP contribution is 2.27. The number of likely N-dealkylation sites (tertiary alicyclic amines) is 2. The molecule has 0 radical (unpaired) electrons. The van der Waals surface area contributed by atoms with Gasteiger partial charge in [0.25, 0.3) is 11.8 Å². The molecular weight excluding hydrogens is 462 g/mol. The molecule has 6 nitrogen and oxygen atoms in total. The molecule has 0 N–H and O–H groups in total. The van der Waals surface area contributed by atoms with Crippen LogP contribution in [0.15, 0.2) is 66.4 Å². The molecule has 3 heterocycles. The summed E-state index contributed by atoms with van der Waals surface area (Å²) < 4.78 is 6.38. The van der Waals surface area contributed by atoms with Crippen molar-refractivity contribution in [1.29, 1.82) is 0 Å². The van der Waals surface area contributed by atoms with Crippen LogP contribution in [0.1, 0.15) is 57.5 Å². The molecule has 0 saturated carbocycles. The van der Waals surface area contributed by atoms with Crippen LogP contribution in [-0.2, 0) is 12.8 Å². The van der Waals surface area contributed by atoms with Crippen LogP contribution >= 0.6 is 0 Å². The Morgan fingerprint density at radius 3 is 1.92 bits per heavy atom. The van der Waals surface area contributed by atoms with Gasteiger partial charge < -0.3 is 19.4 Å². The first-order valence-corrected chi connectivity index (χ1v) is 13.7. The number of carbonyl (C=O) groups is 2. The zero-order chi connectivity index (χ0) is 25.2. The van der Waals surface area contributed by atoms with E-state index in [9.17, 15) is 9.59 Å². The van der Waals surface area contributed by atoms with E-state index in [4.69, 9.17) is 4.74 Å². The quantitative estimate of drug-likeness (QED) is 0.612. The molecule has 37 heavy (non-hydrogen) atoms. The van der Waals surface area contributed by atoms with Crippen molar-refractivity contribution >= 4 is 11.8 Å². The Morgan fingerprint density at radius 1 is 0.730 bits per heavy atom. The second-order valence-electron chi connectivity index (χ2n) is 10.6. The molecule has 6 rings (SSSR count). The Bertz CT molecular complexity index is 1220. The number of carbonyl (C=O) groups excluding carboxylic acids is 2. The molecule has 2 amide bonds. The first kappa shape index (κ1) is 23.8. The second-order valence-corrected chi connectivity index (χ2v) is 10.6. The third-order valence-corrected chi connectivity index (χ3v) is 8.18. The molecule has 2 aromatic carbocycles. The van der Waals surface area contributed by atoms with E-state index in [1.54, 1.807) is 24.3 Å². The van der Waals surface area contributed by atoms with Crippen molar-refractivity contribution in [2.75, 3.05) is 39.3 Å². The number of nitrogens with zero attached hydrogens (tertiary/aromatic N) is 3. The van der Waals surface area contributed by atoms with Gasteiger partial charge in [0, 0.05) is 68.9 Å². The summed E-state index contributed by atoms with van der Waals surface area (Å²) in [5, 5.41) is 0. The van der Waals surface area contributed by atoms with Crippen LogP contribution in [0, 0.1) is 0 Å². The van der Waals surface area contributed by atoms with Crippen molar-refractivity contribution in [2.45, 2.75) is 44.6 Å². The van der Waals surface area contributed by atoms with Crippen LogP contribution in [0.5, 0.6) is 5.75 Å². The number of benzene rings is 2. The molecule has 192 valence electrons. The van der Waals surface area contributed by atoms with E-state index in [0.29, 0.717) is 24.2 Å². The van der Waals surface area contributed by atoms with Crippen LogP contribution in [0.3, 0.4) is 0 Å². The molecule has 3 aliphatic heterocycles. The highest BCUT2D eigenvalue weighted by Gasteiger charge is 2.26. The fourth-order valence-corrected chi connectivity index (χ4v) is 5.84. The van der Waals surface area contributed by atoms with Crippen LogP contribution < -0.4 is 4.74 Å². The summed E-state index contributed by atoms with van der Waals surface area (Å²) in [7, 11) is 0. The molecule has 0 spiro atoms. The van der Waals surface area contributed by atoms with Crippen LogP contribution in [0.2, 0.25) is 0 Å². The molecule has 2 saturated heterocycles. The van der Waals surface area contributed by atoms with Crippen molar-refractivity contribution in [2.24, 2.45) is 0 Å². The predicted octanol–water partition coefficient (Wildman–Crippen LogP) is 4.46. The van der Waals surface area contributed by atoms with Crippen LogP contribution in [-0.4, -0.2) is 71.9 Å². The van der Waals surface area contributed by atoms with E-state index in [1.807, 2.05) is 9.80 Å². The first-order chi connectivity index (χ1) is 18.1. The lowest BCUT2D eigenvalue weighted by Crippen LogP contribution is -2.41. The summed E-state index contributed by atoms with van der Waals surface area (Å²) in [6.45, 7) is 5.13. The summed E-state index contributed by atoms with van der Waals surface area (Å²) in [6.07, 6.45) is 12.5. The van der Waals surface area contributed by atoms with Gasteiger partial charge in [-0.25, -0.2) is 0 Å². The molecular formula is C31H35N3O3.